The number of aromatic hydroxyl groups is 1. The fraction of sp³-hybridized carbons (Fsp3) is 0.700. The van der Waals surface area contributed by atoms with Crippen LogP contribution in [-0.4, -0.2) is 30.5 Å². The minimum atomic E-state index is -0.149. The summed E-state index contributed by atoms with van der Waals surface area (Å²) in [6, 6.07) is 1.90. The van der Waals surface area contributed by atoms with E-state index in [0.717, 1.165) is 38.5 Å². The first-order valence-corrected chi connectivity index (χ1v) is 9.16. The number of phenols is 1. The third-order valence-electron chi connectivity index (χ3n) is 7.28. The average Bonchev–Trinajstić information content (AvgIpc) is 2.88. The number of benzene rings is 1. The quantitative estimate of drug-likeness (QED) is 0.868. The maximum absolute atomic E-state index is 10.5. The maximum atomic E-state index is 10.5. The number of rotatable bonds is 2. The summed E-state index contributed by atoms with van der Waals surface area (Å²) in [5, 5.41) is 20.9. The molecule has 2 saturated carbocycles. The largest absolute Gasteiger partial charge is 0.504 e. The van der Waals surface area contributed by atoms with E-state index in [4.69, 9.17) is 9.47 Å². The molecule has 0 bridgehead atoms. The van der Waals surface area contributed by atoms with E-state index < -0.39 is 0 Å². The van der Waals surface area contributed by atoms with Gasteiger partial charge < -0.3 is 19.7 Å². The standard InChI is InChI=1S/C20H28O4/c1-20-9-8-11-12(15(20)6-7-17(20)22)4-5-13-14(11)10-16(21)19(24-3)18(13)23-2/h10-12,15,17,21-22H,4-9H2,1-3H3/t11-,12+,15-,17-,20-/m0/s1. The van der Waals surface area contributed by atoms with Gasteiger partial charge in [-0.15, -0.1) is 0 Å². The van der Waals surface area contributed by atoms with Crippen molar-refractivity contribution >= 4 is 0 Å². The van der Waals surface area contributed by atoms with Gasteiger partial charge in [0.25, 0.3) is 0 Å². The molecule has 4 nitrogen and oxygen atoms in total. The summed E-state index contributed by atoms with van der Waals surface area (Å²) in [6.45, 7) is 2.28. The summed E-state index contributed by atoms with van der Waals surface area (Å²) in [5.74, 6) is 2.98. The lowest BCUT2D eigenvalue weighted by molar-refractivity contribution is -0.0227. The Balaban J connectivity index is 1.77. The molecule has 0 aliphatic heterocycles. The minimum absolute atomic E-state index is 0.0806. The molecule has 2 N–H and O–H groups in total. The van der Waals surface area contributed by atoms with Gasteiger partial charge in [-0.2, -0.15) is 0 Å². The molecular formula is C20H28O4. The predicted molar refractivity (Wildman–Crippen MR) is 91.8 cm³/mol. The van der Waals surface area contributed by atoms with E-state index in [1.807, 2.05) is 6.07 Å². The maximum Gasteiger partial charge on any atom is 0.203 e. The molecule has 4 heteroatoms. The van der Waals surface area contributed by atoms with Crippen molar-refractivity contribution in [3.8, 4) is 17.2 Å². The summed E-state index contributed by atoms with van der Waals surface area (Å²) in [5.41, 5.74) is 2.53. The predicted octanol–water partition coefficient (Wildman–Crippen LogP) is 3.63. The summed E-state index contributed by atoms with van der Waals surface area (Å²) < 4.78 is 11.0. The van der Waals surface area contributed by atoms with Crippen LogP contribution in [0.15, 0.2) is 6.07 Å². The molecule has 3 aliphatic carbocycles. The normalized spacial score (nSPS) is 37.3. The van der Waals surface area contributed by atoms with E-state index in [-0.39, 0.29) is 17.3 Å². The monoisotopic (exact) mass is 332 g/mol. The van der Waals surface area contributed by atoms with Crippen molar-refractivity contribution in [2.24, 2.45) is 17.3 Å². The summed E-state index contributed by atoms with van der Waals surface area (Å²) >= 11 is 0. The van der Waals surface area contributed by atoms with E-state index in [0.29, 0.717) is 29.3 Å². The molecule has 3 aliphatic rings. The van der Waals surface area contributed by atoms with Gasteiger partial charge in [-0.1, -0.05) is 6.92 Å². The molecule has 4 rings (SSSR count). The highest BCUT2D eigenvalue weighted by Gasteiger charge is 2.54. The van der Waals surface area contributed by atoms with Crippen LogP contribution in [0.25, 0.3) is 0 Å². The zero-order chi connectivity index (χ0) is 17.1. The third-order valence-corrected chi connectivity index (χ3v) is 7.28. The number of phenolic OH excluding ortho intramolecular Hbond substituents is 1. The zero-order valence-corrected chi connectivity index (χ0v) is 14.8. The molecule has 1 aromatic rings. The van der Waals surface area contributed by atoms with Crippen molar-refractivity contribution in [3.63, 3.8) is 0 Å². The second-order valence-electron chi connectivity index (χ2n) is 8.08. The molecule has 1 aromatic carbocycles. The molecule has 0 saturated heterocycles. The van der Waals surface area contributed by atoms with Gasteiger partial charge in [-0.25, -0.2) is 0 Å². The van der Waals surface area contributed by atoms with Crippen LogP contribution in [0, 0.1) is 17.3 Å². The highest BCUT2D eigenvalue weighted by Crippen LogP contribution is 2.62. The Kier molecular flexibility index (Phi) is 3.72. The Morgan fingerprint density at radius 2 is 1.83 bits per heavy atom. The summed E-state index contributed by atoms with van der Waals surface area (Å²) in [4.78, 5) is 0. The van der Waals surface area contributed by atoms with E-state index in [1.165, 1.54) is 11.1 Å². The average molecular weight is 332 g/mol. The number of ether oxygens (including phenoxy) is 2. The van der Waals surface area contributed by atoms with Crippen molar-refractivity contribution in [2.75, 3.05) is 14.2 Å². The molecule has 0 heterocycles. The third kappa shape index (κ3) is 2.01. The van der Waals surface area contributed by atoms with Crippen LogP contribution in [0.3, 0.4) is 0 Å². The van der Waals surface area contributed by atoms with Gasteiger partial charge in [0.2, 0.25) is 5.75 Å². The molecular weight excluding hydrogens is 304 g/mol. The van der Waals surface area contributed by atoms with Crippen molar-refractivity contribution in [1.82, 2.24) is 0 Å². The summed E-state index contributed by atoms with van der Waals surface area (Å²) in [6.07, 6.45) is 6.16. The fourth-order valence-corrected chi connectivity index (χ4v) is 6.05. The van der Waals surface area contributed by atoms with Crippen LogP contribution in [0.1, 0.15) is 56.1 Å². The second-order valence-corrected chi connectivity index (χ2v) is 8.08. The SMILES string of the molecule is COc1c(O)cc2c(c1OC)CC[C@@H]1[C@@H]2CC[C@]2(C)[C@@H](O)CC[C@@H]12. The molecule has 0 unspecified atom stereocenters. The van der Waals surface area contributed by atoms with Gasteiger partial charge >= 0.3 is 0 Å². The number of aliphatic hydroxyl groups is 1. The van der Waals surface area contributed by atoms with Crippen molar-refractivity contribution < 1.29 is 19.7 Å². The molecule has 0 amide bonds. The number of hydrogen-bond acceptors (Lipinski definition) is 4. The van der Waals surface area contributed by atoms with Crippen molar-refractivity contribution in [3.05, 3.63) is 17.2 Å². The smallest absolute Gasteiger partial charge is 0.203 e. The Morgan fingerprint density at radius 3 is 2.54 bits per heavy atom. The van der Waals surface area contributed by atoms with Crippen LogP contribution in [-0.2, 0) is 6.42 Å². The van der Waals surface area contributed by atoms with Gasteiger partial charge in [-0.3, -0.25) is 0 Å². The first-order valence-electron chi connectivity index (χ1n) is 9.16. The van der Waals surface area contributed by atoms with E-state index in [1.54, 1.807) is 14.2 Å². The van der Waals surface area contributed by atoms with E-state index >= 15 is 0 Å². The number of fused-ring (bicyclic) bond motifs is 5. The lowest BCUT2D eigenvalue weighted by Gasteiger charge is -2.50. The Hall–Kier alpha value is -1.42. The first-order chi connectivity index (χ1) is 11.5. The number of hydrogen-bond donors (Lipinski definition) is 2. The first kappa shape index (κ1) is 16.1. The highest BCUT2D eigenvalue weighted by molar-refractivity contribution is 5.60. The number of methoxy groups -OCH3 is 2. The van der Waals surface area contributed by atoms with Gasteiger partial charge in [0, 0.05) is 5.56 Å². The number of aliphatic hydroxyl groups excluding tert-OH is 1. The topological polar surface area (TPSA) is 58.9 Å². The van der Waals surface area contributed by atoms with E-state index in [9.17, 15) is 10.2 Å². The lowest BCUT2D eigenvalue weighted by Crippen LogP contribution is -2.43. The summed E-state index contributed by atoms with van der Waals surface area (Å²) in [7, 11) is 3.22. The second kappa shape index (κ2) is 5.55. The van der Waals surface area contributed by atoms with Crippen LogP contribution in [0.4, 0.5) is 0 Å². The minimum Gasteiger partial charge on any atom is -0.504 e. The van der Waals surface area contributed by atoms with Crippen molar-refractivity contribution in [1.29, 1.82) is 0 Å². The Morgan fingerprint density at radius 1 is 1.08 bits per heavy atom. The molecule has 24 heavy (non-hydrogen) atoms. The Bertz CT molecular complexity index is 656. The zero-order valence-electron chi connectivity index (χ0n) is 14.8. The molecule has 0 aromatic heterocycles. The van der Waals surface area contributed by atoms with E-state index in [2.05, 4.69) is 6.92 Å². The molecule has 2 fully saturated rings. The highest BCUT2D eigenvalue weighted by atomic mass is 16.5. The lowest BCUT2D eigenvalue weighted by atomic mass is 9.55. The van der Waals surface area contributed by atoms with Gasteiger partial charge in [-0.05, 0) is 73.3 Å². The van der Waals surface area contributed by atoms with Gasteiger partial charge in [0.05, 0.1) is 20.3 Å². The Labute approximate surface area is 143 Å². The van der Waals surface area contributed by atoms with Gasteiger partial charge in [0.15, 0.2) is 11.5 Å². The van der Waals surface area contributed by atoms with Crippen LogP contribution in [0.2, 0.25) is 0 Å². The molecule has 0 spiro atoms. The molecule has 5 atom stereocenters. The fourth-order valence-electron chi connectivity index (χ4n) is 6.05. The van der Waals surface area contributed by atoms with Crippen LogP contribution < -0.4 is 9.47 Å². The van der Waals surface area contributed by atoms with Gasteiger partial charge in [0.1, 0.15) is 0 Å². The molecule has 0 radical (unpaired) electrons. The van der Waals surface area contributed by atoms with Crippen LogP contribution in [0.5, 0.6) is 17.2 Å². The van der Waals surface area contributed by atoms with Crippen LogP contribution >= 0.6 is 0 Å². The molecule has 132 valence electrons. The van der Waals surface area contributed by atoms with Crippen molar-refractivity contribution in [2.45, 2.75) is 57.5 Å².